The summed E-state index contributed by atoms with van der Waals surface area (Å²) in [4.78, 5) is 0. The topological polar surface area (TPSA) is 12.0 Å². The second kappa shape index (κ2) is 6.04. The smallest absolute Gasteiger partial charge is 0.0299 e. The normalized spacial score (nSPS) is 18.4. The molecule has 1 N–H and O–H groups in total. The second-order valence-corrected chi connectivity index (χ2v) is 7.79. The molecule has 1 unspecified atom stereocenters. The largest absolute Gasteiger partial charge is 0.306 e. The molecule has 22 heavy (non-hydrogen) atoms. The van der Waals surface area contributed by atoms with Gasteiger partial charge in [-0.1, -0.05) is 35.4 Å². The lowest BCUT2D eigenvalue weighted by atomic mass is 9.84. The first-order chi connectivity index (χ1) is 10.1. The fraction of sp³-hybridized carbons (Fsp3) is 0.524. The number of benzene rings is 1. The summed E-state index contributed by atoms with van der Waals surface area (Å²) in [5, 5.41) is 3.72. The van der Waals surface area contributed by atoms with Gasteiger partial charge in [0, 0.05) is 17.5 Å². The second-order valence-electron chi connectivity index (χ2n) is 7.79. The Morgan fingerprint density at radius 1 is 0.909 bits per heavy atom. The number of rotatable bonds is 3. The number of hydrogen-bond acceptors (Lipinski definition) is 1. The van der Waals surface area contributed by atoms with Crippen LogP contribution >= 0.6 is 0 Å². The molecule has 1 aromatic rings. The third-order valence-corrected chi connectivity index (χ3v) is 5.03. The minimum Gasteiger partial charge on any atom is -0.306 e. The van der Waals surface area contributed by atoms with Gasteiger partial charge in [-0.25, -0.2) is 0 Å². The van der Waals surface area contributed by atoms with Gasteiger partial charge in [-0.2, -0.15) is 0 Å². The van der Waals surface area contributed by atoms with Crippen LogP contribution in [0.3, 0.4) is 0 Å². The van der Waals surface area contributed by atoms with E-state index >= 15 is 0 Å². The van der Waals surface area contributed by atoms with Crippen molar-refractivity contribution in [1.82, 2.24) is 5.32 Å². The van der Waals surface area contributed by atoms with Crippen molar-refractivity contribution in [2.75, 3.05) is 0 Å². The molecule has 0 amide bonds. The van der Waals surface area contributed by atoms with Gasteiger partial charge >= 0.3 is 0 Å². The van der Waals surface area contributed by atoms with Crippen molar-refractivity contribution < 1.29 is 0 Å². The Hall–Kier alpha value is -1.34. The van der Waals surface area contributed by atoms with E-state index in [9.17, 15) is 0 Å². The van der Waals surface area contributed by atoms with Gasteiger partial charge in [0.15, 0.2) is 0 Å². The molecule has 1 aliphatic carbocycles. The molecule has 0 saturated carbocycles. The Bertz CT molecular complexity index is 602. The summed E-state index contributed by atoms with van der Waals surface area (Å²) in [6.45, 7) is 18.1. The Kier molecular flexibility index (Phi) is 4.67. The molecule has 0 saturated heterocycles. The number of hydrogen-bond donors (Lipinski definition) is 1. The number of allylic oxidation sites excluding steroid dienone is 4. The van der Waals surface area contributed by atoms with E-state index in [2.05, 4.69) is 85.0 Å². The van der Waals surface area contributed by atoms with Crippen LogP contribution in [0.25, 0.3) is 0 Å². The highest BCUT2D eigenvalue weighted by Crippen LogP contribution is 2.45. The van der Waals surface area contributed by atoms with Crippen LogP contribution in [0.4, 0.5) is 0 Å². The predicted molar refractivity (Wildman–Crippen MR) is 97.2 cm³/mol. The Morgan fingerprint density at radius 2 is 1.41 bits per heavy atom. The zero-order valence-corrected chi connectivity index (χ0v) is 15.5. The molecular formula is C21H31N. The van der Waals surface area contributed by atoms with E-state index in [-0.39, 0.29) is 5.54 Å². The average Bonchev–Trinajstić information content (AvgIpc) is 2.61. The average molecular weight is 297 g/mol. The lowest BCUT2D eigenvalue weighted by Crippen LogP contribution is -2.38. The molecule has 0 heterocycles. The highest BCUT2D eigenvalue weighted by molar-refractivity contribution is 5.55. The van der Waals surface area contributed by atoms with Gasteiger partial charge in [0.2, 0.25) is 0 Å². The zero-order chi connectivity index (χ0) is 16.7. The molecule has 1 heteroatoms. The standard InChI is InChI=1S/C21H31N/c1-13-14(2)16(4)20(15(13)3)19-12-10-9-11-18(19)17(5)22-21(6,7)8/h9-12,17,20,22H,1-8H3. The van der Waals surface area contributed by atoms with Crippen LogP contribution in [0.5, 0.6) is 0 Å². The molecule has 1 aromatic carbocycles. The van der Waals surface area contributed by atoms with Gasteiger partial charge in [0.1, 0.15) is 0 Å². The molecule has 0 spiro atoms. The Morgan fingerprint density at radius 3 is 1.91 bits per heavy atom. The summed E-state index contributed by atoms with van der Waals surface area (Å²) < 4.78 is 0. The first-order valence-corrected chi connectivity index (χ1v) is 8.35. The van der Waals surface area contributed by atoms with Crippen LogP contribution < -0.4 is 5.32 Å². The van der Waals surface area contributed by atoms with Crippen LogP contribution in [-0.4, -0.2) is 5.54 Å². The molecule has 1 atom stereocenters. The summed E-state index contributed by atoms with van der Waals surface area (Å²) in [7, 11) is 0. The quantitative estimate of drug-likeness (QED) is 0.731. The van der Waals surface area contributed by atoms with Crippen molar-refractivity contribution >= 4 is 0 Å². The van der Waals surface area contributed by atoms with Crippen LogP contribution in [0.1, 0.15) is 78.5 Å². The summed E-state index contributed by atoms with van der Waals surface area (Å²) in [5.74, 6) is 0.445. The first kappa shape index (κ1) is 17.0. The van der Waals surface area contributed by atoms with Crippen LogP contribution in [-0.2, 0) is 0 Å². The van der Waals surface area contributed by atoms with Crippen molar-refractivity contribution in [3.63, 3.8) is 0 Å². The number of nitrogens with one attached hydrogen (secondary N) is 1. The summed E-state index contributed by atoms with van der Waals surface area (Å²) in [6.07, 6.45) is 0. The third kappa shape index (κ3) is 3.20. The fourth-order valence-corrected chi connectivity index (χ4v) is 3.71. The van der Waals surface area contributed by atoms with Gasteiger partial charge in [-0.15, -0.1) is 0 Å². The third-order valence-electron chi connectivity index (χ3n) is 5.03. The fourth-order valence-electron chi connectivity index (χ4n) is 3.71. The van der Waals surface area contributed by atoms with Crippen molar-refractivity contribution in [1.29, 1.82) is 0 Å². The lowest BCUT2D eigenvalue weighted by molar-refractivity contribution is 0.377. The highest BCUT2D eigenvalue weighted by atomic mass is 15.0. The molecular weight excluding hydrogens is 266 g/mol. The molecule has 1 nitrogen and oxygen atoms in total. The van der Waals surface area contributed by atoms with Gasteiger partial charge in [-0.05, 0) is 77.7 Å². The predicted octanol–water partition coefficient (Wildman–Crippen LogP) is 5.91. The van der Waals surface area contributed by atoms with E-state index in [1.165, 1.54) is 33.4 Å². The summed E-state index contributed by atoms with van der Waals surface area (Å²) >= 11 is 0. The van der Waals surface area contributed by atoms with Gasteiger partial charge in [0.25, 0.3) is 0 Å². The molecule has 0 aliphatic heterocycles. The monoisotopic (exact) mass is 297 g/mol. The van der Waals surface area contributed by atoms with Gasteiger partial charge < -0.3 is 5.32 Å². The summed E-state index contributed by atoms with van der Waals surface area (Å²) in [6, 6.07) is 9.26. The van der Waals surface area contributed by atoms with Crippen LogP contribution in [0.2, 0.25) is 0 Å². The Balaban J connectivity index is 2.47. The van der Waals surface area contributed by atoms with E-state index in [0.29, 0.717) is 12.0 Å². The maximum Gasteiger partial charge on any atom is 0.0299 e. The van der Waals surface area contributed by atoms with Crippen LogP contribution in [0, 0.1) is 0 Å². The van der Waals surface area contributed by atoms with Crippen molar-refractivity contribution in [3.05, 3.63) is 57.7 Å². The molecule has 2 rings (SSSR count). The van der Waals surface area contributed by atoms with Crippen molar-refractivity contribution in [3.8, 4) is 0 Å². The maximum atomic E-state index is 3.72. The molecule has 0 aromatic heterocycles. The molecule has 0 radical (unpaired) electrons. The van der Waals surface area contributed by atoms with Crippen molar-refractivity contribution in [2.45, 2.75) is 72.9 Å². The first-order valence-electron chi connectivity index (χ1n) is 8.35. The van der Waals surface area contributed by atoms with E-state index in [1.807, 2.05) is 0 Å². The molecule has 0 bridgehead atoms. The van der Waals surface area contributed by atoms with Gasteiger partial charge in [-0.3, -0.25) is 0 Å². The minimum absolute atomic E-state index is 0.115. The lowest BCUT2D eigenvalue weighted by Gasteiger charge is -2.29. The van der Waals surface area contributed by atoms with E-state index in [0.717, 1.165) is 0 Å². The SMILES string of the molecule is CC1=C(C)C(c2ccccc2C(C)NC(C)(C)C)C(C)=C1C. The molecule has 120 valence electrons. The molecule has 0 fully saturated rings. The van der Waals surface area contributed by atoms with E-state index < -0.39 is 0 Å². The maximum absolute atomic E-state index is 3.72. The van der Waals surface area contributed by atoms with E-state index in [4.69, 9.17) is 0 Å². The highest BCUT2D eigenvalue weighted by Gasteiger charge is 2.28. The Labute approximate surface area is 136 Å². The van der Waals surface area contributed by atoms with Crippen LogP contribution in [0.15, 0.2) is 46.6 Å². The zero-order valence-electron chi connectivity index (χ0n) is 15.5. The van der Waals surface area contributed by atoms with Crippen molar-refractivity contribution in [2.24, 2.45) is 0 Å². The molecule has 1 aliphatic rings. The van der Waals surface area contributed by atoms with E-state index in [1.54, 1.807) is 0 Å². The minimum atomic E-state index is 0.115. The van der Waals surface area contributed by atoms with Gasteiger partial charge in [0.05, 0.1) is 0 Å². The summed E-state index contributed by atoms with van der Waals surface area (Å²) in [5.41, 5.74) is 8.93.